The molecule has 8 nitrogen and oxygen atoms in total. The molecular weight excluding hydrogens is 374 g/mol. The Morgan fingerprint density at radius 3 is 2.52 bits per heavy atom. The van der Waals surface area contributed by atoms with E-state index in [1.165, 1.54) is 7.11 Å². The summed E-state index contributed by atoms with van der Waals surface area (Å²) in [7, 11) is 1.33. The summed E-state index contributed by atoms with van der Waals surface area (Å²) in [5.41, 5.74) is 0.814. The molecule has 1 N–H and O–H groups in total. The first kappa shape index (κ1) is 20.7. The fourth-order valence-corrected chi connectivity index (χ4v) is 3.46. The fourth-order valence-electron chi connectivity index (χ4n) is 3.46. The predicted molar refractivity (Wildman–Crippen MR) is 111 cm³/mol. The van der Waals surface area contributed by atoms with Gasteiger partial charge in [0.2, 0.25) is 0 Å². The second-order valence-corrected chi connectivity index (χ2v) is 8.25. The Hall–Kier alpha value is -3.03. The van der Waals surface area contributed by atoms with Crippen LogP contribution >= 0.6 is 0 Å². The summed E-state index contributed by atoms with van der Waals surface area (Å²) in [5, 5.41) is 0.740. The highest BCUT2D eigenvalue weighted by Gasteiger charge is 2.31. The van der Waals surface area contributed by atoms with Gasteiger partial charge in [-0.1, -0.05) is 0 Å². The quantitative estimate of drug-likeness (QED) is 0.778. The van der Waals surface area contributed by atoms with E-state index in [0.717, 1.165) is 5.39 Å². The Bertz CT molecular complexity index is 992. The van der Waals surface area contributed by atoms with Gasteiger partial charge in [-0.25, -0.2) is 9.59 Å². The molecule has 1 amide bonds. The van der Waals surface area contributed by atoms with Gasteiger partial charge < -0.3 is 24.3 Å². The van der Waals surface area contributed by atoms with E-state index in [9.17, 15) is 14.4 Å². The first-order valence-corrected chi connectivity index (χ1v) is 9.59. The topological polar surface area (TPSA) is 91.9 Å². The number of carbonyl (C=O) groups is 2. The number of ether oxygens (including phenoxy) is 2. The SMILES string of the molecule is COC(=O)c1ccc2[nH]c(=O)c(N3CCN(C(=O)OC(C)(C)C)C[C@@H]3C)cc2c1. The van der Waals surface area contributed by atoms with Gasteiger partial charge in [0.15, 0.2) is 0 Å². The molecule has 3 rings (SSSR count). The number of benzene rings is 1. The van der Waals surface area contributed by atoms with Gasteiger partial charge in [0.25, 0.3) is 5.56 Å². The van der Waals surface area contributed by atoms with Gasteiger partial charge in [0.1, 0.15) is 11.3 Å². The van der Waals surface area contributed by atoms with Crippen LogP contribution < -0.4 is 10.5 Å². The number of esters is 1. The molecule has 0 radical (unpaired) electrons. The molecule has 0 bridgehead atoms. The molecule has 0 spiro atoms. The first-order valence-electron chi connectivity index (χ1n) is 9.59. The van der Waals surface area contributed by atoms with Gasteiger partial charge in [0.05, 0.1) is 12.7 Å². The number of piperazine rings is 1. The van der Waals surface area contributed by atoms with E-state index in [2.05, 4.69) is 4.98 Å². The lowest BCUT2D eigenvalue weighted by Gasteiger charge is -2.41. The van der Waals surface area contributed by atoms with Crippen molar-refractivity contribution in [2.24, 2.45) is 0 Å². The zero-order chi connectivity index (χ0) is 21.3. The maximum atomic E-state index is 12.7. The molecule has 1 aliphatic heterocycles. The van der Waals surface area contributed by atoms with Crippen LogP contribution in [0, 0.1) is 0 Å². The number of amides is 1. The number of hydrogen-bond donors (Lipinski definition) is 1. The van der Waals surface area contributed by atoms with E-state index in [1.54, 1.807) is 29.2 Å². The van der Waals surface area contributed by atoms with E-state index in [4.69, 9.17) is 9.47 Å². The Morgan fingerprint density at radius 2 is 1.90 bits per heavy atom. The van der Waals surface area contributed by atoms with Crippen LogP contribution in [0.4, 0.5) is 10.5 Å². The lowest BCUT2D eigenvalue weighted by molar-refractivity contribution is 0.0218. The van der Waals surface area contributed by atoms with Gasteiger partial charge in [-0.2, -0.15) is 0 Å². The van der Waals surface area contributed by atoms with Crippen LogP contribution in [0.25, 0.3) is 10.9 Å². The van der Waals surface area contributed by atoms with Crippen LogP contribution in [0.2, 0.25) is 0 Å². The largest absolute Gasteiger partial charge is 0.465 e. The molecule has 0 saturated carbocycles. The number of aromatic nitrogens is 1. The number of nitrogens with zero attached hydrogens (tertiary/aromatic N) is 2. The van der Waals surface area contributed by atoms with Gasteiger partial charge in [-0.05, 0) is 52.0 Å². The van der Waals surface area contributed by atoms with E-state index in [0.29, 0.717) is 36.4 Å². The number of carbonyl (C=O) groups excluding carboxylic acids is 2. The average Bonchev–Trinajstić information content (AvgIpc) is 2.65. The number of hydrogen-bond acceptors (Lipinski definition) is 6. The van der Waals surface area contributed by atoms with E-state index >= 15 is 0 Å². The second-order valence-electron chi connectivity index (χ2n) is 8.25. The van der Waals surface area contributed by atoms with Crippen molar-refractivity contribution < 1.29 is 19.1 Å². The highest BCUT2D eigenvalue weighted by molar-refractivity contribution is 5.95. The third kappa shape index (κ3) is 4.52. The number of aromatic amines is 1. The number of nitrogens with one attached hydrogen (secondary N) is 1. The zero-order valence-corrected chi connectivity index (χ0v) is 17.4. The smallest absolute Gasteiger partial charge is 0.410 e. The Balaban J connectivity index is 1.85. The summed E-state index contributed by atoms with van der Waals surface area (Å²) < 4.78 is 10.2. The van der Waals surface area contributed by atoms with Crippen molar-refractivity contribution in [3.8, 4) is 0 Å². The molecule has 1 atom stereocenters. The third-order valence-corrected chi connectivity index (χ3v) is 4.83. The summed E-state index contributed by atoms with van der Waals surface area (Å²) >= 11 is 0. The summed E-state index contributed by atoms with van der Waals surface area (Å²) in [6.45, 7) is 8.88. The zero-order valence-electron chi connectivity index (χ0n) is 17.4. The molecular formula is C21H27N3O5. The molecule has 1 aromatic heterocycles. The fraction of sp³-hybridized carbons (Fsp3) is 0.476. The molecule has 1 aliphatic rings. The van der Waals surface area contributed by atoms with Crippen LogP contribution in [0.1, 0.15) is 38.1 Å². The van der Waals surface area contributed by atoms with E-state index in [1.807, 2.05) is 32.6 Å². The van der Waals surface area contributed by atoms with E-state index < -0.39 is 11.6 Å². The van der Waals surface area contributed by atoms with Gasteiger partial charge in [0, 0.05) is 36.6 Å². The molecule has 8 heteroatoms. The minimum absolute atomic E-state index is 0.0707. The molecule has 1 aromatic carbocycles. The molecule has 1 saturated heterocycles. The molecule has 1 fully saturated rings. The monoisotopic (exact) mass is 401 g/mol. The number of methoxy groups -OCH3 is 1. The van der Waals surface area contributed by atoms with Crippen molar-refractivity contribution in [2.75, 3.05) is 31.6 Å². The van der Waals surface area contributed by atoms with Crippen molar-refractivity contribution >= 4 is 28.7 Å². The minimum atomic E-state index is -0.551. The van der Waals surface area contributed by atoms with Gasteiger partial charge in [-0.3, -0.25) is 4.79 Å². The van der Waals surface area contributed by atoms with Crippen molar-refractivity contribution in [2.45, 2.75) is 39.3 Å². The third-order valence-electron chi connectivity index (χ3n) is 4.83. The lowest BCUT2D eigenvalue weighted by Crippen LogP contribution is -2.55. The number of rotatable bonds is 2. The summed E-state index contributed by atoms with van der Waals surface area (Å²) in [5.74, 6) is -0.431. The highest BCUT2D eigenvalue weighted by atomic mass is 16.6. The normalized spacial score (nSPS) is 17.3. The molecule has 2 aromatic rings. The van der Waals surface area contributed by atoms with Crippen LogP contribution in [0.3, 0.4) is 0 Å². The van der Waals surface area contributed by atoms with Crippen LogP contribution in [0.5, 0.6) is 0 Å². The Labute approximate surface area is 169 Å². The molecule has 0 aliphatic carbocycles. The van der Waals surface area contributed by atoms with Crippen molar-refractivity contribution in [3.05, 3.63) is 40.2 Å². The number of H-pyrrole nitrogens is 1. The van der Waals surface area contributed by atoms with Gasteiger partial charge >= 0.3 is 12.1 Å². The minimum Gasteiger partial charge on any atom is -0.465 e. The van der Waals surface area contributed by atoms with Crippen molar-refractivity contribution in [3.63, 3.8) is 0 Å². The molecule has 2 heterocycles. The van der Waals surface area contributed by atoms with Crippen LogP contribution in [-0.4, -0.2) is 60.3 Å². The molecule has 0 unspecified atom stereocenters. The van der Waals surface area contributed by atoms with Crippen molar-refractivity contribution in [1.82, 2.24) is 9.88 Å². The number of fused-ring (bicyclic) bond motifs is 1. The summed E-state index contributed by atoms with van der Waals surface area (Å²) in [6.07, 6.45) is -0.348. The lowest BCUT2D eigenvalue weighted by atomic mass is 10.1. The second kappa shape index (κ2) is 7.77. The standard InChI is InChI=1S/C21H27N3O5/c1-13-12-23(20(27)29-21(2,3)4)8-9-24(13)17-11-15-10-14(19(26)28-5)6-7-16(15)22-18(17)25/h6-7,10-11,13H,8-9,12H2,1-5H3,(H,22,25)/t13-/m0/s1. The number of pyridine rings is 1. The maximum absolute atomic E-state index is 12.7. The van der Waals surface area contributed by atoms with Gasteiger partial charge in [-0.15, -0.1) is 0 Å². The average molecular weight is 401 g/mol. The highest BCUT2D eigenvalue weighted by Crippen LogP contribution is 2.23. The maximum Gasteiger partial charge on any atom is 0.410 e. The predicted octanol–water partition coefficient (Wildman–Crippen LogP) is 2.76. The Kier molecular flexibility index (Phi) is 5.55. The van der Waals surface area contributed by atoms with Crippen LogP contribution in [0.15, 0.2) is 29.1 Å². The molecule has 156 valence electrons. The van der Waals surface area contributed by atoms with Crippen LogP contribution in [-0.2, 0) is 9.47 Å². The first-order chi connectivity index (χ1) is 13.6. The molecule has 29 heavy (non-hydrogen) atoms. The number of anilines is 1. The summed E-state index contributed by atoms with van der Waals surface area (Å²) in [4.78, 5) is 43.3. The summed E-state index contributed by atoms with van der Waals surface area (Å²) in [6, 6.07) is 6.71. The van der Waals surface area contributed by atoms with Crippen molar-refractivity contribution in [1.29, 1.82) is 0 Å². The van der Waals surface area contributed by atoms with E-state index in [-0.39, 0.29) is 17.7 Å². The Morgan fingerprint density at radius 1 is 1.17 bits per heavy atom.